The average molecular weight is 280 g/mol. The van der Waals surface area contributed by atoms with Gasteiger partial charge in [0.2, 0.25) is 0 Å². The molecule has 0 radical (unpaired) electrons. The SMILES string of the molecule is CCC=C(C)C=NNc1ccc(N([O-])[O-])cc1N(O)O. The minimum Gasteiger partial charge on any atom is -0.769 e. The third-order valence-electron chi connectivity index (χ3n) is 2.39. The van der Waals surface area contributed by atoms with Crippen molar-refractivity contribution >= 4 is 23.3 Å². The molecule has 0 aromatic heterocycles. The molecule has 0 spiro atoms. The molecule has 8 heteroatoms. The summed E-state index contributed by atoms with van der Waals surface area (Å²) in [5.41, 5.74) is 3.32. The summed E-state index contributed by atoms with van der Waals surface area (Å²) in [4.78, 5) is 0. The molecule has 0 amide bonds. The first-order valence-electron chi connectivity index (χ1n) is 5.87. The molecule has 0 aliphatic rings. The molecule has 1 aromatic carbocycles. The van der Waals surface area contributed by atoms with Crippen molar-refractivity contribution in [3.63, 3.8) is 0 Å². The number of rotatable bonds is 6. The maximum atomic E-state index is 10.6. The van der Waals surface area contributed by atoms with E-state index < -0.39 is 5.23 Å². The lowest BCUT2D eigenvalue weighted by Gasteiger charge is -2.37. The van der Waals surface area contributed by atoms with E-state index in [2.05, 4.69) is 10.5 Å². The van der Waals surface area contributed by atoms with Gasteiger partial charge in [0, 0.05) is 11.9 Å². The normalized spacial score (nSPS) is 11.8. The molecule has 3 N–H and O–H groups in total. The van der Waals surface area contributed by atoms with Crippen molar-refractivity contribution in [1.82, 2.24) is 0 Å². The summed E-state index contributed by atoms with van der Waals surface area (Å²) in [6.45, 7) is 3.87. The van der Waals surface area contributed by atoms with E-state index in [0.717, 1.165) is 18.1 Å². The van der Waals surface area contributed by atoms with Crippen LogP contribution in [0.25, 0.3) is 0 Å². The highest BCUT2D eigenvalue weighted by Gasteiger charge is 2.07. The first kappa shape index (κ1) is 15.9. The Hall–Kier alpha value is -2.13. The van der Waals surface area contributed by atoms with Crippen molar-refractivity contribution in [2.75, 3.05) is 15.9 Å². The van der Waals surface area contributed by atoms with Gasteiger partial charge in [-0.05, 0) is 37.1 Å². The summed E-state index contributed by atoms with van der Waals surface area (Å²) in [5.74, 6) is 0. The number of nitrogens with one attached hydrogen (secondary N) is 1. The summed E-state index contributed by atoms with van der Waals surface area (Å²) in [7, 11) is 0. The van der Waals surface area contributed by atoms with Crippen molar-refractivity contribution in [1.29, 1.82) is 0 Å². The van der Waals surface area contributed by atoms with Crippen molar-refractivity contribution in [2.45, 2.75) is 20.3 Å². The smallest absolute Gasteiger partial charge is 0.121 e. The van der Waals surface area contributed by atoms with Gasteiger partial charge in [-0.3, -0.25) is 15.8 Å². The highest BCUT2D eigenvalue weighted by molar-refractivity contribution is 5.80. The fourth-order valence-electron chi connectivity index (χ4n) is 1.47. The number of benzene rings is 1. The van der Waals surface area contributed by atoms with Crippen LogP contribution in [0.5, 0.6) is 0 Å². The summed E-state index contributed by atoms with van der Waals surface area (Å²) in [6, 6.07) is 3.59. The van der Waals surface area contributed by atoms with E-state index in [1.54, 1.807) is 6.21 Å². The summed E-state index contributed by atoms with van der Waals surface area (Å²) in [5, 5.41) is 42.5. The molecule has 0 saturated carbocycles. The first-order valence-corrected chi connectivity index (χ1v) is 5.87. The largest absolute Gasteiger partial charge is 0.769 e. The Morgan fingerprint density at radius 2 is 2.10 bits per heavy atom. The zero-order valence-electron chi connectivity index (χ0n) is 11.1. The summed E-state index contributed by atoms with van der Waals surface area (Å²) >= 11 is 0. The summed E-state index contributed by atoms with van der Waals surface area (Å²) < 4.78 is 0. The molecule has 20 heavy (non-hydrogen) atoms. The van der Waals surface area contributed by atoms with Gasteiger partial charge in [0.1, 0.15) is 5.69 Å². The molecule has 1 aromatic rings. The number of hydrogen-bond acceptors (Lipinski definition) is 8. The Morgan fingerprint density at radius 3 is 2.65 bits per heavy atom. The lowest BCUT2D eigenvalue weighted by atomic mass is 10.2. The van der Waals surface area contributed by atoms with E-state index >= 15 is 0 Å². The molecule has 0 heterocycles. The van der Waals surface area contributed by atoms with Crippen LogP contribution in [0.1, 0.15) is 20.3 Å². The molecule has 0 aliphatic carbocycles. The van der Waals surface area contributed by atoms with Gasteiger partial charge >= 0.3 is 0 Å². The van der Waals surface area contributed by atoms with E-state index in [0.29, 0.717) is 0 Å². The number of nitrogens with zero attached hydrogens (tertiary/aromatic N) is 3. The Morgan fingerprint density at radius 1 is 1.40 bits per heavy atom. The molecule has 110 valence electrons. The molecule has 0 atom stereocenters. The summed E-state index contributed by atoms with van der Waals surface area (Å²) in [6.07, 6.45) is 4.40. The minimum absolute atomic E-state index is 0.173. The lowest BCUT2D eigenvalue weighted by molar-refractivity contribution is 0.0295. The van der Waals surface area contributed by atoms with E-state index in [1.165, 1.54) is 12.1 Å². The van der Waals surface area contributed by atoms with E-state index in [4.69, 9.17) is 10.4 Å². The Bertz CT molecular complexity index is 500. The molecule has 0 aliphatic heterocycles. The zero-order chi connectivity index (χ0) is 15.1. The first-order chi connectivity index (χ1) is 9.45. The standard InChI is InChI=1S/C12H16N4O4/c1-3-4-9(2)8-13-14-11-6-5-10(15(17)18)7-12(11)16(19)20/h4-8,14,19-20H,3H2,1-2H3/q-2. The number of anilines is 3. The van der Waals surface area contributed by atoms with Crippen molar-refractivity contribution < 1.29 is 10.4 Å². The quantitative estimate of drug-likeness (QED) is 0.541. The number of hydrazone groups is 1. The molecule has 0 unspecified atom stereocenters. The third kappa shape index (κ3) is 4.52. The van der Waals surface area contributed by atoms with Crippen LogP contribution < -0.4 is 15.9 Å². The van der Waals surface area contributed by atoms with Crippen LogP contribution in [-0.2, 0) is 0 Å². The van der Waals surface area contributed by atoms with Gasteiger partial charge in [0.15, 0.2) is 0 Å². The van der Waals surface area contributed by atoms with Gasteiger partial charge in [0.05, 0.1) is 5.69 Å². The van der Waals surface area contributed by atoms with Crippen LogP contribution in [0.2, 0.25) is 0 Å². The van der Waals surface area contributed by atoms with Gasteiger partial charge in [0.25, 0.3) is 0 Å². The predicted molar refractivity (Wildman–Crippen MR) is 77.9 cm³/mol. The molecule has 1 rings (SSSR count). The van der Waals surface area contributed by atoms with Gasteiger partial charge in [-0.2, -0.15) is 5.10 Å². The second kappa shape index (κ2) is 7.46. The predicted octanol–water partition coefficient (Wildman–Crippen LogP) is 2.83. The van der Waals surface area contributed by atoms with E-state index in [1.807, 2.05) is 19.9 Å². The highest BCUT2D eigenvalue weighted by Crippen LogP contribution is 2.29. The van der Waals surface area contributed by atoms with Crippen LogP contribution in [0.15, 0.2) is 34.9 Å². The van der Waals surface area contributed by atoms with Gasteiger partial charge in [-0.1, -0.05) is 13.0 Å². The second-order valence-electron chi connectivity index (χ2n) is 3.97. The third-order valence-corrected chi connectivity index (χ3v) is 2.39. The van der Waals surface area contributed by atoms with Gasteiger partial charge in [-0.15, -0.1) is 5.23 Å². The molecular formula is C12H16N4O4-2. The minimum atomic E-state index is -0.631. The Balaban J connectivity index is 2.92. The fraction of sp³-hybridized carbons (Fsp3) is 0.250. The second-order valence-corrected chi connectivity index (χ2v) is 3.97. The van der Waals surface area contributed by atoms with Crippen molar-refractivity contribution in [3.8, 4) is 0 Å². The van der Waals surface area contributed by atoms with E-state index in [-0.39, 0.29) is 22.3 Å². The Kier molecular flexibility index (Phi) is 5.94. The molecular weight excluding hydrogens is 264 g/mol. The topological polar surface area (TPSA) is 117 Å². The zero-order valence-corrected chi connectivity index (χ0v) is 11.1. The Labute approximate surface area is 116 Å². The maximum absolute atomic E-state index is 10.6. The fourth-order valence-corrected chi connectivity index (χ4v) is 1.47. The van der Waals surface area contributed by atoms with Crippen molar-refractivity contribution in [2.24, 2.45) is 5.10 Å². The number of hydrogen-bond donors (Lipinski definition) is 3. The van der Waals surface area contributed by atoms with Crippen LogP contribution in [0.3, 0.4) is 0 Å². The average Bonchev–Trinajstić information content (AvgIpc) is 2.38. The number of allylic oxidation sites excluding steroid dienone is 2. The highest BCUT2D eigenvalue weighted by atomic mass is 16.8. The lowest BCUT2D eigenvalue weighted by Crippen LogP contribution is -2.14. The van der Waals surface area contributed by atoms with Crippen LogP contribution >= 0.6 is 0 Å². The molecule has 0 fully saturated rings. The van der Waals surface area contributed by atoms with Crippen LogP contribution in [0.4, 0.5) is 17.1 Å². The van der Waals surface area contributed by atoms with Gasteiger partial charge < -0.3 is 15.6 Å². The monoisotopic (exact) mass is 280 g/mol. The molecule has 0 saturated heterocycles. The molecule has 0 bridgehead atoms. The van der Waals surface area contributed by atoms with Crippen molar-refractivity contribution in [3.05, 3.63) is 40.3 Å². The van der Waals surface area contributed by atoms with E-state index in [9.17, 15) is 10.4 Å². The van der Waals surface area contributed by atoms with Gasteiger partial charge in [-0.25, -0.2) is 0 Å². The van der Waals surface area contributed by atoms with Crippen LogP contribution in [-0.4, -0.2) is 16.6 Å². The maximum Gasteiger partial charge on any atom is 0.121 e. The molecule has 8 nitrogen and oxygen atoms in total. The van der Waals surface area contributed by atoms with Crippen LogP contribution in [0, 0.1) is 10.4 Å².